The number of aromatic nitrogens is 1. The maximum Gasteiger partial charge on any atom is 0.389 e. The van der Waals surface area contributed by atoms with Gasteiger partial charge in [-0.05, 0) is 30.5 Å². The molecule has 0 aliphatic heterocycles. The van der Waals surface area contributed by atoms with Crippen molar-refractivity contribution in [3.63, 3.8) is 0 Å². The van der Waals surface area contributed by atoms with Gasteiger partial charge in [0.2, 0.25) is 11.8 Å². The number of amides is 2. The number of carbonyl (C=O) groups is 2. The lowest BCUT2D eigenvalue weighted by atomic mass is 10.1. The van der Waals surface area contributed by atoms with Gasteiger partial charge in [0.1, 0.15) is 0 Å². The van der Waals surface area contributed by atoms with Crippen LogP contribution in [0.5, 0.6) is 0 Å². The van der Waals surface area contributed by atoms with Gasteiger partial charge in [-0.15, -0.1) is 0 Å². The molecular weight excluding hydrogens is 339 g/mol. The molecule has 0 saturated heterocycles. The van der Waals surface area contributed by atoms with Gasteiger partial charge in [-0.1, -0.05) is 0 Å². The second-order valence-electron chi connectivity index (χ2n) is 6.10. The van der Waals surface area contributed by atoms with E-state index >= 15 is 0 Å². The predicted molar refractivity (Wildman–Crippen MR) is 82.0 cm³/mol. The van der Waals surface area contributed by atoms with E-state index in [9.17, 15) is 27.9 Å². The van der Waals surface area contributed by atoms with Crippen molar-refractivity contribution in [2.24, 2.45) is 5.92 Å². The number of nitrogens with one attached hydrogen (secondary N) is 2. The third-order valence-electron chi connectivity index (χ3n) is 4.10. The van der Waals surface area contributed by atoms with Crippen molar-refractivity contribution in [3.8, 4) is 0 Å². The number of hydrogen-bond donors (Lipinski definition) is 3. The fourth-order valence-corrected chi connectivity index (χ4v) is 2.75. The SMILES string of the molecule is O=C(CCC(F)(F)F)N[C@H]1C[C@H](C(=O)NCc2ccncc2)C[C@@H]1O. The zero-order valence-electron chi connectivity index (χ0n) is 13.4. The first-order valence-corrected chi connectivity index (χ1v) is 7.95. The van der Waals surface area contributed by atoms with E-state index in [1.807, 2.05) is 0 Å². The molecule has 2 amide bonds. The second kappa shape index (κ2) is 8.28. The van der Waals surface area contributed by atoms with Gasteiger partial charge >= 0.3 is 6.18 Å². The van der Waals surface area contributed by atoms with Gasteiger partial charge < -0.3 is 15.7 Å². The van der Waals surface area contributed by atoms with Gasteiger partial charge in [-0.3, -0.25) is 14.6 Å². The highest BCUT2D eigenvalue weighted by Crippen LogP contribution is 2.27. The summed E-state index contributed by atoms with van der Waals surface area (Å²) < 4.78 is 36.3. The molecule has 0 aromatic carbocycles. The summed E-state index contributed by atoms with van der Waals surface area (Å²) in [5, 5.41) is 15.1. The second-order valence-corrected chi connectivity index (χ2v) is 6.10. The molecule has 6 nitrogen and oxygen atoms in total. The van der Waals surface area contributed by atoms with E-state index in [1.54, 1.807) is 24.5 Å². The van der Waals surface area contributed by atoms with Crippen LogP contribution >= 0.6 is 0 Å². The predicted octanol–water partition coefficient (Wildman–Crippen LogP) is 1.30. The highest BCUT2D eigenvalue weighted by Gasteiger charge is 2.38. The summed E-state index contributed by atoms with van der Waals surface area (Å²) in [6, 6.07) is 2.80. The molecule has 1 aromatic rings. The minimum absolute atomic E-state index is 0.159. The molecule has 138 valence electrons. The Bertz CT molecular complexity index is 595. The summed E-state index contributed by atoms with van der Waals surface area (Å²) in [6.07, 6.45) is -3.69. The quantitative estimate of drug-likeness (QED) is 0.714. The average molecular weight is 359 g/mol. The van der Waals surface area contributed by atoms with Gasteiger partial charge in [-0.25, -0.2) is 0 Å². The summed E-state index contributed by atoms with van der Waals surface area (Å²) in [6.45, 7) is 0.316. The van der Waals surface area contributed by atoms with E-state index in [0.717, 1.165) is 5.56 Å². The molecule has 9 heteroatoms. The normalized spacial score (nSPS) is 23.3. The molecule has 0 bridgehead atoms. The van der Waals surface area contributed by atoms with E-state index < -0.39 is 43.0 Å². The van der Waals surface area contributed by atoms with Gasteiger partial charge in [0.05, 0.1) is 18.6 Å². The van der Waals surface area contributed by atoms with Gasteiger partial charge in [0.15, 0.2) is 0 Å². The van der Waals surface area contributed by atoms with Crippen LogP contribution in [0.15, 0.2) is 24.5 Å². The fraction of sp³-hybridized carbons (Fsp3) is 0.562. The molecule has 25 heavy (non-hydrogen) atoms. The summed E-state index contributed by atoms with van der Waals surface area (Å²) in [7, 11) is 0. The largest absolute Gasteiger partial charge is 0.391 e. The average Bonchev–Trinajstić information content (AvgIpc) is 2.92. The molecule has 3 atom stereocenters. The lowest BCUT2D eigenvalue weighted by molar-refractivity contribution is -0.144. The van der Waals surface area contributed by atoms with Crippen molar-refractivity contribution < 1.29 is 27.9 Å². The van der Waals surface area contributed by atoms with Crippen LogP contribution in [0, 0.1) is 5.92 Å². The van der Waals surface area contributed by atoms with Crippen LogP contribution in [0.3, 0.4) is 0 Å². The Labute approximate surface area is 142 Å². The van der Waals surface area contributed by atoms with Crippen molar-refractivity contribution in [1.82, 2.24) is 15.6 Å². The molecule has 1 aliphatic carbocycles. The highest BCUT2D eigenvalue weighted by atomic mass is 19.4. The highest BCUT2D eigenvalue weighted by molar-refractivity contribution is 5.80. The van der Waals surface area contributed by atoms with Crippen LogP contribution < -0.4 is 10.6 Å². The number of halogens is 3. The monoisotopic (exact) mass is 359 g/mol. The molecule has 0 unspecified atom stereocenters. The van der Waals surface area contributed by atoms with E-state index in [0.29, 0.717) is 6.54 Å². The third-order valence-corrected chi connectivity index (χ3v) is 4.10. The third kappa shape index (κ3) is 6.33. The van der Waals surface area contributed by atoms with E-state index in [-0.39, 0.29) is 18.7 Å². The van der Waals surface area contributed by atoms with Crippen molar-refractivity contribution in [3.05, 3.63) is 30.1 Å². The Morgan fingerprint density at radius 2 is 1.92 bits per heavy atom. The Balaban J connectivity index is 1.77. The summed E-state index contributed by atoms with van der Waals surface area (Å²) >= 11 is 0. The van der Waals surface area contributed by atoms with Crippen molar-refractivity contribution >= 4 is 11.8 Å². The molecule has 1 fully saturated rings. The van der Waals surface area contributed by atoms with Crippen molar-refractivity contribution in [1.29, 1.82) is 0 Å². The number of aliphatic hydroxyl groups excluding tert-OH is 1. The zero-order chi connectivity index (χ0) is 18.4. The number of aliphatic hydroxyl groups is 1. The molecule has 0 radical (unpaired) electrons. The Morgan fingerprint density at radius 3 is 2.56 bits per heavy atom. The van der Waals surface area contributed by atoms with E-state index in [1.165, 1.54) is 0 Å². The van der Waals surface area contributed by atoms with Crippen LogP contribution in [0.1, 0.15) is 31.2 Å². The van der Waals surface area contributed by atoms with Gasteiger partial charge in [0, 0.05) is 31.3 Å². The van der Waals surface area contributed by atoms with Crippen molar-refractivity contribution in [2.45, 2.75) is 50.6 Å². The lowest BCUT2D eigenvalue weighted by Gasteiger charge is -2.16. The molecule has 3 N–H and O–H groups in total. The lowest BCUT2D eigenvalue weighted by Crippen LogP contribution is -2.40. The first-order chi connectivity index (χ1) is 11.7. The van der Waals surface area contributed by atoms with Crippen LogP contribution in [-0.2, 0) is 16.1 Å². The zero-order valence-corrected chi connectivity index (χ0v) is 13.4. The number of nitrogens with zero attached hydrogens (tertiary/aromatic N) is 1. The molecule has 2 rings (SSSR count). The summed E-state index contributed by atoms with van der Waals surface area (Å²) in [5.41, 5.74) is 0.874. The summed E-state index contributed by atoms with van der Waals surface area (Å²) in [4.78, 5) is 27.6. The fourth-order valence-electron chi connectivity index (χ4n) is 2.75. The molecule has 1 saturated carbocycles. The van der Waals surface area contributed by atoms with Crippen LogP contribution in [0.4, 0.5) is 13.2 Å². The smallest absolute Gasteiger partial charge is 0.389 e. The van der Waals surface area contributed by atoms with Crippen LogP contribution in [0.2, 0.25) is 0 Å². The number of pyridine rings is 1. The van der Waals surface area contributed by atoms with E-state index in [4.69, 9.17) is 0 Å². The maximum atomic E-state index is 12.2. The molecular formula is C16H20F3N3O3. The number of hydrogen-bond acceptors (Lipinski definition) is 4. The summed E-state index contributed by atoms with van der Waals surface area (Å²) in [5.74, 6) is -1.54. The van der Waals surface area contributed by atoms with Gasteiger partial charge in [0.25, 0.3) is 0 Å². The molecule has 1 aromatic heterocycles. The van der Waals surface area contributed by atoms with Gasteiger partial charge in [-0.2, -0.15) is 13.2 Å². The first kappa shape index (κ1) is 19.2. The maximum absolute atomic E-state index is 12.2. The minimum Gasteiger partial charge on any atom is -0.391 e. The van der Waals surface area contributed by atoms with Crippen LogP contribution in [0.25, 0.3) is 0 Å². The molecule has 0 spiro atoms. The first-order valence-electron chi connectivity index (χ1n) is 7.95. The topological polar surface area (TPSA) is 91.3 Å². The number of alkyl halides is 3. The molecule has 1 heterocycles. The Morgan fingerprint density at radius 1 is 1.24 bits per heavy atom. The Kier molecular flexibility index (Phi) is 6.35. The number of carbonyl (C=O) groups excluding carboxylic acids is 2. The Hall–Kier alpha value is -2.16. The van der Waals surface area contributed by atoms with E-state index in [2.05, 4.69) is 15.6 Å². The minimum atomic E-state index is -4.40. The molecule has 1 aliphatic rings. The standard InChI is InChI=1S/C16H20F3N3O3/c17-16(18,19)4-1-14(24)22-12-7-11(8-13(12)23)15(25)21-9-10-2-5-20-6-3-10/h2-3,5-6,11-13,23H,1,4,7-9H2,(H,21,25)(H,22,24)/t11-,12-,13-/m0/s1. The van der Waals surface area contributed by atoms with Crippen LogP contribution in [-0.4, -0.2) is 40.2 Å². The van der Waals surface area contributed by atoms with Crippen molar-refractivity contribution in [2.75, 3.05) is 0 Å². The number of rotatable bonds is 6.